The molecule has 1 saturated heterocycles. The van der Waals surface area contributed by atoms with Gasteiger partial charge in [-0.2, -0.15) is 0 Å². The van der Waals surface area contributed by atoms with Crippen LogP contribution in [0.2, 0.25) is 0 Å². The third kappa shape index (κ3) is 6.61. The van der Waals surface area contributed by atoms with Gasteiger partial charge in [-0.1, -0.05) is 19.9 Å². The molecule has 0 spiro atoms. The Hall–Kier alpha value is -1.36. The number of aliphatic imine (C=N–C) groups is 1. The lowest BCUT2D eigenvalue weighted by Crippen LogP contribution is -2.43. The Morgan fingerprint density at radius 2 is 2.14 bits per heavy atom. The summed E-state index contributed by atoms with van der Waals surface area (Å²) in [4.78, 5) is 31.3. The Morgan fingerprint density at radius 3 is 2.71 bits per heavy atom. The summed E-state index contributed by atoms with van der Waals surface area (Å²) in [5, 5.41) is 11.5. The highest BCUT2D eigenvalue weighted by Gasteiger charge is 2.45. The van der Waals surface area contributed by atoms with E-state index in [-0.39, 0.29) is 35.9 Å². The van der Waals surface area contributed by atoms with Gasteiger partial charge in [-0.05, 0) is 43.6 Å². The van der Waals surface area contributed by atoms with E-state index in [1.165, 1.54) is 9.78 Å². The van der Waals surface area contributed by atoms with Crippen molar-refractivity contribution in [3.63, 3.8) is 0 Å². The van der Waals surface area contributed by atoms with Crippen molar-refractivity contribution >= 4 is 53.2 Å². The standard InChI is InChI=1S/C19H31N5O2S.HI/c1-5-19(3)16(25)24(18(26)23-19)10-7-9-21-17(20-4)22-13-14(2)12-15-8-6-11-27-15;/h6,8,11,14H,5,7,9-10,12-13H2,1-4H3,(H,23,26)(H2,20,21,22);1H. The number of guanidine groups is 1. The maximum Gasteiger partial charge on any atom is 0.325 e. The first kappa shape index (κ1) is 24.7. The predicted molar refractivity (Wildman–Crippen MR) is 126 cm³/mol. The number of halogens is 1. The molecule has 28 heavy (non-hydrogen) atoms. The van der Waals surface area contributed by atoms with Crippen LogP contribution >= 0.6 is 35.3 Å². The molecule has 0 aromatic carbocycles. The van der Waals surface area contributed by atoms with E-state index in [2.05, 4.69) is 45.4 Å². The number of imide groups is 1. The molecule has 1 aliphatic heterocycles. The maximum atomic E-state index is 12.3. The normalized spacial score (nSPS) is 20.6. The van der Waals surface area contributed by atoms with E-state index in [9.17, 15) is 9.59 Å². The first-order valence-electron chi connectivity index (χ1n) is 9.50. The van der Waals surface area contributed by atoms with Crippen molar-refractivity contribution in [2.24, 2.45) is 10.9 Å². The highest BCUT2D eigenvalue weighted by Crippen LogP contribution is 2.20. The third-order valence-electron chi connectivity index (χ3n) is 4.87. The van der Waals surface area contributed by atoms with Crippen LogP contribution in [0, 0.1) is 5.92 Å². The van der Waals surface area contributed by atoms with Crippen LogP contribution in [0.5, 0.6) is 0 Å². The van der Waals surface area contributed by atoms with Gasteiger partial charge in [0.1, 0.15) is 5.54 Å². The van der Waals surface area contributed by atoms with Crippen molar-refractivity contribution < 1.29 is 9.59 Å². The van der Waals surface area contributed by atoms with E-state index in [0.717, 1.165) is 18.9 Å². The molecule has 1 aliphatic rings. The fraction of sp³-hybridized carbons (Fsp3) is 0.632. The van der Waals surface area contributed by atoms with Crippen LogP contribution in [0.1, 0.15) is 38.5 Å². The summed E-state index contributed by atoms with van der Waals surface area (Å²) in [6.45, 7) is 7.76. The molecule has 0 radical (unpaired) electrons. The zero-order valence-corrected chi connectivity index (χ0v) is 20.2. The van der Waals surface area contributed by atoms with Gasteiger partial charge in [0.2, 0.25) is 0 Å². The molecule has 158 valence electrons. The number of amides is 3. The fourth-order valence-electron chi connectivity index (χ4n) is 2.97. The molecule has 7 nitrogen and oxygen atoms in total. The van der Waals surface area contributed by atoms with Gasteiger partial charge < -0.3 is 16.0 Å². The highest BCUT2D eigenvalue weighted by atomic mass is 127. The van der Waals surface area contributed by atoms with Crippen LogP contribution in [0.3, 0.4) is 0 Å². The zero-order valence-electron chi connectivity index (χ0n) is 17.1. The van der Waals surface area contributed by atoms with Crippen molar-refractivity contribution in [2.75, 3.05) is 26.7 Å². The average molecular weight is 521 g/mol. The monoisotopic (exact) mass is 521 g/mol. The number of carbonyl (C=O) groups excluding carboxylic acids is 2. The molecule has 0 bridgehead atoms. The summed E-state index contributed by atoms with van der Waals surface area (Å²) in [6.07, 6.45) is 2.31. The Morgan fingerprint density at radius 1 is 1.39 bits per heavy atom. The Bertz CT molecular complexity index is 667. The lowest BCUT2D eigenvalue weighted by molar-refractivity contribution is -0.130. The molecule has 0 saturated carbocycles. The molecular formula is C19H32IN5O2S. The second kappa shape index (κ2) is 11.6. The third-order valence-corrected chi connectivity index (χ3v) is 5.77. The van der Waals surface area contributed by atoms with Gasteiger partial charge in [-0.3, -0.25) is 14.7 Å². The second-order valence-electron chi connectivity index (χ2n) is 7.19. The van der Waals surface area contributed by atoms with Crippen LogP contribution in [0.25, 0.3) is 0 Å². The molecule has 3 amide bonds. The molecule has 2 heterocycles. The molecule has 0 aliphatic carbocycles. The summed E-state index contributed by atoms with van der Waals surface area (Å²) >= 11 is 1.78. The summed E-state index contributed by atoms with van der Waals surface area (Å²) in [5.74, 6) is 1.10. The van der Waals surface area contributed by atoms with Crippen molar-refractivity contribution in [3.8, 4) is 0 Å². The van der Waals surface area contributed by atoms with Crippen LogP contribution in [-0.4, -0.2) is 55.0 Å². The highest BCUT2D eigenvalue weighted by molar-refractivity contribution is 14.0. The average Bonchev–Trinajstić information content (AvgIpc) is 3.22. The molecule has 1 aromatic rings. The minimum atomic E-state index is -0.763. The molecule has 9 heteroatoms. The first-order valence-corrected chi connectivity index (χ1v) is 10.4. The Labute approximate surface area is 188 Å². The fourth-order valence-corrected chi connectivity index (χ4v) is 3.84. The van der Waals surface area contributed by atoms with Gasteiger partial charge in [0.15, 0.2) is 5.96 Å². The Balaban J connectivity index is 0.00000392. The van der Waals surface area contributed by atoms with Crippen molar-refractivity contribution in [2.45, 2.75) is 45.6 Å². The quantitative estimate of drug-likeness (QED) is 0.153. The van der Waals surface area contributed by atoms with Crippen LogP contribution < -0.4 is 16.0 Å². The molecule has 1 aromatic heterocycles. The summed E-state index contributed by atoms with van der Waals surface area (Å²) in [7, 11) is 1.74. The van der Waals surface area contributed by atoms with Gasteiger partial charge in [0.25, 0.3) is 5.91 Å². The van der Waals surface area contributed by atoms with Gasteiger partial charge >= 0.3 is 6.03 Å². The van der Waals surface area contributed by atoms with Crippen LogP contribution in [0.4, 0.5) is 4.79 Å². The van der Waals surface area contributed by atoms with Crippen molar-refractivity contribution in [1.29, 1.82) is 0 Å². The SMILES string of the molecule is CCC1(C)NC(=O)N(CCCNC(=NC)NCC(C)Cc2cccs2)C1=O.I. The number of hydrogen-bond donors (Lipinski definition) is 3. The number of rotatable bonds is 9. The smallest absolute Gasteiger partial charge is 0.325 e. The van der Waals surface area contributed by atoms with Gasteiger partial charge in [0.05, 0.1) is 0 Å². The van der Waals surface area contributed by atoms with E-state index < -0.39 is 5.54 Å². The van der Waals surface area contributed by atoms with E-state index in [1.807, 2.05) is 6.92 Å². The zero-order chi connectivity index (χ0) is 19.9. The van der Waals surface area contributed by atoms with Crippen molar-refractivity contribution in [1.82, 2.24) is 20.9 Å². The van der Waals surface area contributed by atoms with E-state index in [0.29, 0.717) is 31.8 Å². The molecule has 2 rings (SSSR count). The van der Waals surface area contributed by atoms with E-state index in [1.54, 1.807) is 25.3 Å². The van der Waals surface area contributed by atoms with Gasteiger partial charge in [-0.15, -0.1) is 35.3 Å². The lowest BCUT2D eigenvalue weighted by atomic mass is 9.99. The summed E-state index contributed by atoms with van der Waals surface area (Å²) < 4.78 is 0. The largest absolute Gasteiger partial charge is 0.356 e. The predicted octanol–water partition coefficient (Wildman–Crippen LogP) is 2.82. The molecular weight excluding hydrogens is 489 g/mol. The van der Waals surface area contributed by atoms with Gasteiger partial charge in [-0.25, -0.2) is 4.79 Å². The second-order valence-corrected chi connectivity index (χ2v) is 8.23. The number of nitrogens with one attached hydrogen (secondary N) is 3. The number of nitrogens with zero attached hydrogens (tertiary/aromatic N) is 2. The summed E-state index contributed by atoms with van der Waals surface area (Å²) in [6, 6.07) is 3.94. The lowest BCUT2D eigenvalue weighted by Gasteiger charge is -2.19. The number of urea groups is 1. The molecule has 3 N–H and O–H groups in total. The Kier molecular flexibility index (Phi) is 10.2. The minimum Gasteiger partial charge on any atom is -0.356 e. The summed E-state index contributed by atoms with van der Waals surface area (Å²) in [5.41, 5.74) is -0.763. The first-order chi connectivity index (χ1) is 12.9. The molecule has 2 atom stereocenters. The topological polar surface area (TPSA) is 85.8 Å². The van der Waals surface area contributed by atoms with Crippen LogP contribution in [0.15, 0.2) is 22.5 Å². The maximum absolute atomic E-state index is 12.3. The van der Waals surface area contributed by atoms with E-state index in [4.69, 9.17) is 0 Å². The number of carbonyl (C=O) groups is 2. The molecule has 2 unspecified atom stereocenters. The van der Waals surface area contributed by atoms with Gasteiger partial charge in [0, 0.05) is 31.6 Å². The minimum absolute atomic E-state index is 0. The van der Waals surface area contributed by atoms with Crippen LogP contribution in [-0.2, 0) is 11.2 Å². The molecule has 1 fully saturated rings. The number of thiophene rings is 1. The van der Waals surface area contributed by atoms with Crippen molar-refractivity contribution in [3.05, 3.63) is 22.4 Å². The number of hydrogen-bond acceptors (Lipinski definition) is 4. The van der Waals surface area contributed by atoms with E-state index >= 15 is 0 Å².